The lowest BCUT2D eigenvalue weighted by molar-refractivity contribution is -0.384. The van der Waals surface area contributed by atoms with Gasteiger partial charge in [0.25, 0.3) is 17.4 Å². The Balaban J connectivity index is 1.70. The number of nitrogens with zero attached hydrogens (tertiary/aromatic N) is 3. The summed E-state index contributed by atoms with van der Waals surface area (Å²) in [5.41, 5.74) is 0.512. The Morgan fingerprint density at radius 3 is 2.47 bits per heavy atom. The number of likely N-dealkylation sites (tertiary alicyclic amines) is 1. The molecule has 1 atom stereocenters. The third-order valence-electron chi connectivity index (χ3n) is 6.36. The van der Waals surface area contributed by atoms with E-state index in [1.807, 2.05) is 0 Å². The number of Topliss-reactive ketones (excluding diaryl/α,β-unsaturated/α-hetero) is 1. The van der Waals surface area contributed by atoms with Gasteiger partial charge in [0.2, 0.25) is 0 Å². The van der Waals surface area contributed by atoms with Crippen molar-refractivity contribution in [3.63, 3.8) is 0 Å². The van der Waals surface area contributed by atoms with Gasteiger partial charge in [0.15, 0.2) is 0 Å². The van der Waals surface area contributed by atoms with E-state index in [1.165, 1.54) is 42.3 Å². The second-order valence-corrected chi connectivity index (χ2v) is 8.91. The van der Waals surface area contributed by atoms with Gasteiger partial charge in [-0.05, 0) is 42.3 Å². The molecule has 0 unspecified atom stereocenters. The first kappa shape index (κ1) is 25.6. The highest BCUT2D eigenvalue weighted by atomic mass is 35.5. The van der Waals surface area contributed by atoms with E-state index in [4.69, 9.17) is 21.1 Å². The molecule has 0 spiro atoms. The highest BCUT2D eigenvalue weighted by Crippen LogP contribution is 2.40. The SMILES string of the molecule is COc1ccc(/C(O)=C2\C(=O)C(=O)N(CCCN3CCOCC3)[C@@H]2c2ccc([N+](=O)[O-])cc2)cc1Cl. The molecule has 2 heterocycles. The zero-order valence-corrected chi connectivity index (χ0v) is 20.4. The molecule has 0 bridgehead atoms. The number of hydrogen-bond acceptors (Lipinski definition) is 8. The number of benzene rings is 2. The van der Waals surface area contributed by atoms with Crippen molar-refractivity contribution in [3.8, 4) is 5.75 Å². The summed E-state index contributed by atoms with van der Waals surface area (Å²) in [5, 5.41) is 22.5. The molecule has 2 aromatic carbocycles. The van der Waals surface area contributed by atoms with E-state index in [0.717, 1.165) is 13.1 Å². The summed E-state index contributed by atoms with van der Waals surface area (Å²) in [7, 11) is 1.46. The zero-order chi connectivity index (χ0) is 25.8. The molecule has 11 heteroatoms. The summed E-state index contributed by atoms with van der Waals surface area (Å²) in [4.78, 5) is 40.5. The normalized spacial score (nSPS) is 20.1. The number of hydrogen-bond donors (Lipinski definition) is 1. The molecule has 0 saturated carbocycles. The van der Waals surface area contributed by atoms with Crippen molar-refractivity contribution in [1.82, 2.24) is 9.80 Å². The highest BCUT2D eigenvalue weighted by Gasteiger charge is 2.46. The molecule has 2 aliphatic heterocycles. The predicted octanol–water partition coefficient (Wildman–Crippen LogP) is 3.40. The standard InChI is InChI=1S/C25H26ClN3O7/c1-35-20-8-5-17(15-19(20)26)23(30)21-22(16-3-6-18(7-4-16)29(33)34)28(25(32)24(21)31)10-2-9-27-11-13-36-14-12-27/h3-8,15,22,30H,2,9-14H2,1H3/b23-21+/t22-/m1/s1. The van der Waals surface area contributed by atoms with E-state index in [2.05, 4.69) is 4.90 Å². The van der Waals surface area contributed by atoms with Crippen molar-refractivity contribution in [2.75, 3.05) is 46.5 Å². The lowest BCUT2D eigenvalue weighted by Gasteiger charge is -2.29. The van der Waals surface area contributed by atoms with Crippen molar-refractivity contribution in [2.45, 2.75) is 12.5 Å². The minimum absolute atomic E-state index is 0.0959. The van der Waals surface area contributed by atoms with Gasteiger partial charge in [0.1, 0.15) is 11.5 Å². The van der Waals surface area contributed by atoms with Gasteiger partial charge >= 0.3 is 0 Å². The van der Waals surface area contributed by atoms with E-state index in [1.54, 1.807) is 12.1 Å². The third-order valence-corrected chi connectivity index (χ3v) is 6.66. The Labute approximate surface area is 212 Å². The molecule has 190 valence electrons. The van der Waals surface area contributed by atoms with Crippen LogP contribution in [0.25, 0.3) is 5.76 Å². The van der Waals surface area contributed by atoms with Gasteiger partial charge < -0.3 is 19.5 Å². The van der Waals surface area contributed by atoms with Gasteiger partial charge in [-0.2, -0.15) is 0 Å². The van der Waals surface area contributed by atoms with Gasteiger partial charge in [-0.1, -0.05) is 11.6 Å². The number of rotatable bonds is 8. The van der Waals surface area contributed by atoms with Gasteiger partial charge in [0, 0.05) is 43.9 Å². The van der Waals surface area contributed by atoms with Crippen LogP contribution in [-0.4, -0.2) is 78.0 Å². The molecule has 4 rings (SSSR count). The van der Waals surface area contributed by atoms with Crippen LogP contribution in [0.4, 0.5) is 5.69 Å². The smallest absolute Gasteiger partial charge is 0.295 e. The maximum absolute atomic E-state index is 13.2. The molecular weight excluding hydrogens is 490 g/mol. The fraction of sp³-hybridized carbons (Fsp3) is 0.360. The van der Waals surface area contributed by atoms with Gasteiger partial charge in [-0.25, -0.2) is 0 Å². The third kappa shape index (κ3) is 5.20. The summed E-state index contributed by atoms with van der Waals surface area (Å²) >= 11 is 6.22. The van der Waals surface area contributed by atoms with Crippen LogP contribution in [0.15, 0.2) is 48.0 Å². The fourth-order valence-electron chi connectivity index (χ4n) is 4.49. The summed E-state index contributed by atoms with van der Waals surface area (Å²) in [6.07, 6.45) is 0.602. The number of nitro benzene ring substituents is 1. The van der Waals surface area contributed by atoms with Crippen LogP contribution in [0.2, 0.25) is 5.02 Å². The van der Waals surface area contributed by atoms with Gasteiger partial charge in [-0.15, -0.1) is 0 Å². The lowest BCUT2D eigenvalue weighted by Crippen LogP contribution is -2.38. The highest BCUT2D eigenvalue weighted by molar-refractivity contribution is 6.46. The molecule has 2 aromatic rings. The number of methoxy groups -OCH3 is 1. The molecule has 10 nitrogen and oxygen atoms in total. The molecule has 0 aromatic heterocycles. The van der Waals surface area contributed by atoms with Crippen LogP contribution in [0, 0.1) is 10.1 Å². The quantitative estimate of drug-likeness (QED) is 0.186. The van der Waals surface area contributed by atoms with Crippen molar-refractivity contribution >= 4 is 34.7 Å². The molecule has 1 amide bonds. The molecular formula is C25H26ClN3O7. The van der Waals surface area contributed by atoms with Crippen LogP contribution in [0.1, 0.15) is 23.6 Å². The summed E-state index contributed by atoms with van der Waals surface area (Å²) in [5.74, 6) is -1.55. The van der Waals surface area contributed by atoms with Crippen molar-refractivity contribution < 1.29 is 29.1 Å². The first-order valence-corrected chi connectivity index (χ1v) is 11.9. The van der Waals surface area contributed by atoms with Gasteiger partial charge in [-0.3, -0.25) is 24.6 Å². The Kier molecular flexibility index (Phi) is 7.88. The first-order valence-electron chi connectivity index (χ1n) is 11.5. The number of carbonyl (C=O) groups is 2. The molecule has 2 fully saturated rings. The maximum Gasteiger partial charge on any atom is 0.295 e. The largest absolute Gasteiger partial charge is 0.507 e. The van der Waals surface area contributed by atoms with E-state index < -0.39 is 22.7 Å². The Hall–Kier alpha value is -3.47. The summed E-state index contributed by atoms with van der Waals surface area (Å²) in [6, 6.07) is 9.26. The lowest BCUT2D eigenvalue weighted by atomic mass is 9.95. The molecule has 0 radical (unpaired) electrons. The molecule has 1 N–H and O–H groups in total. The average molecular weight is 516 g/mol. The second-order valence-electron chi connectivity index (χ2n) is 8.50. The molecule has 2 saturated heterocycles. The van der Waals surface area contributed by atoms with Crippen molar-refractivity contribution in [3.05, 3.63) is 74.3 Å². The van der Waals surface area contributed by atoms with Crippen molar-refractivity contribution in [2.24, 2.45) is 0 Å². The number of ketones is 1. The summed E-state index contributed by atoms with van der Waals surface area (Å²) in [6.45, 7) is 3.87. The monoisotopic (exact) mass is 515 g/mol. The number of halogens is 1. The first-order chi connectivity index (χ1) is 17.3. The number of amides is 1. The number of aliphatic hydroxyl groups excluding tert-OH is 1. The van der Waals surface area contributed by atoms with Crippen LogP contribution in [0.3, 0.4) is 0 Å². The van der Waals surface area contributed by atoms with Crippen LogP contribution >= 0.6 is 11.6 Å². The summed E-state index contributed by atoms with van der Waals surface area (Å²) < 4.78 is 10.5. The zero-order valence-electron chi connectivity index (χ0n) is 19.7. The van der Waals surface area contributed by atoms with Crippen molar-refractivity contribution in [1.29, 1.82) is 0 Å². The number of nitro groups is 1. The second kappa shape index (κ2) is 11.1. The number of ether oxygens (including phenoxy) is 2. The number of carbonyl (C=O) groups excluding carboxylic acids is 2. The van der Waals surface area contributed by atoms with E-state index in [-0.39, 0.29) is 34.2 Å². The topological polar surface area (TPSA) is 122 Å². The molecule has 0 aliphatic carbocycles. The predicted molar refractivity (Wildman–Crippen MR) is 132 cm³/mol. The Morgan fingerprint density at radius 2 is 1.86 bits per heavy atom. The van der Waals surface area contributed by atoms with E-state index in [9.17, 15) is 24.8 Å². The minimum Gasteiger partial charge on any atom is -0.507 e. The van der Waals surface area contributed by atoms with Crippen LogP contribution < -0.4 is 4.74 Å². The molecule has 2 aliphatic rings. The minimum atomic E-state index is -0.906. The Bertz CT molecular complexity index is 1190. The van der Waals surface area contributed by atoms with Crippen LogP contribution in [-0.2, 0) is 14.3 Å². The maximum atomic E-state index is 13.2. The Morgan fingerprint density at radius 1 is 1.17 bits per heavy atom. The van der Waals surface area contributed by atoms with E-state index >= 15 is 0 Å². The fourth-order valence-corrected chi connectivity index (χ4v) is 4.75. The number of non-ortho nitro benzene ring substituents is 1. The average Bonchev–Trinajstić information content (AvgIpc) is 3.14. The van der Waals surface area contributed by atoms with Gasteiger partial charge in [0.05, 0.1) is 41.9 Å². The number of morpholine rings is 1. The van der Waals surface area contributed by atoms with E-state index in [0.29, 0.717) is 37.5 Å². The van der Waals surface area contributed by atoms with Crippen LogP contribution in [0.5, 0.6) is 5.75 Å². The molecule has 36 heavy (non-hydrogen) atoms. The number of aliphatic hydroxyl groups is 1.